The van der Waals surface area contributed by atoms with Crippen molar-refractivity contribution < 1.29 is 4.79 Å². The van der Waals surface area contributed by atoms with E-state index in [4.69, 9.17) is 0 Å². The molecule has 0 spiro atoms. The molecule has 18 heavy (non-hydrogen) atoms. The first kappa shape index (κ1) is 11.4. The molecule has 0 saturated carbocycles. The number of carbonyl (C=O) groups is 1. The zero-order valence-electron chi connectivity index (χ0n) is 9.69. The number of hydrogen-bond donors (Lipinski definition) is 3. The number of thiazole rings is 1. The summed E-state index contributed by atoms with van der Waals surface area (Å²) in [6, 6.07) is 0. The second-order valence-corrected chi connectivity index (χ2v) is 4.84. The van der Waals surface area contributed by atoms with E-state index in [2.05, 4.69) is 25.8 Å². The highest BCUT2D eigenvalue weighted by molar-refractivity contribution is 7.07. The van der Waals surface area contributed by atoms with E-state index >= 15 is 0 Å². The van der Waals surface area contributed by atoms with Gasteiger partial charge in [0.15, 0.2) is 5.69 Å². The molecule has 0 unspecified atom stereocenters. The van der Waals surface area contributed by atoms with Crippen LogP contribution in [0.5, 0.6) is 0 Å². The summed E-state index contributed by atoms with van der Waals surface area (Å²) in [7, 11) is 0. The topological polar surface area (TPSA) is 82.7 Å². The third-order valence-electron chi connectivity index (χ3n) is 2.93. The van der Waals surface area contributed by atoms with E-state index in [9.17, 15) is 4.79 Å². The first-order valence-electron chi connectivity index (χ1n) is 5.76. The number of amides is 1. The number of H-pyrrole nitrogens is 1. The summed E-state index contributed by atoms with van der Waals surface area (Å²) < 4.78 is 0. The van der Waals surface area contributed by atoms with Crippen molar-refractivity contribution in [2.45, 2.75) is 19.5 Å². The summed E-state index contributed by atoms with van der Waals surface area (Å²) in [5.74, 6) is -0.149. The van der Waals surface area contributed by atoms with E-state index in [-0.39, 0.29) is 5.91 Å². The quantitative estimate of drug-likeness (QED) is 0.750. The molecule has 0 aromatic carbocycles. The normalized spacial score (nSPS) is 14.2. The van der Waals surface area contributed by atoms with Gasteiger partial charge in [0.1, 0.15) is 0 Å². The van der Waals surface area contributed by atoms with Crippen LogP contribution in [0.1, 0.15) is 27.4 Å². The summed E-state index contributed by atoms with van der Waals surface area (Å²) in [4.78, 5) is 16.1. The molecule has 1 aliphatic rings. The minimum absolute atomic E-state index is 0.149. The predicted octanol–water partition coefficient (Wildman–Crippen LogP) is 0.442. The number of aromatic nitrogens is 3. The Hall–Kier alpha value is -1.73. The van der Waals surface area contributed by atoms with Crippen molar-refractivity contribution in [1.29, 1.82) is 0 Å². The highest BCUT2D eigenvalue weighted by atomic mass is 32.1. The Morgan fingerprint density at radius 1 is 1.56 bits per heavy atom. The molecule has 1 amide bonds. The summed E-state index contributed by atoms with van der Waals surface area (Å²) in [5.41, 5.74) is 5.16. The molecule has 94 valence electrons. The van der Waals surface area contributed by atoms with E-state index in [1.165, 1.54) is 11.3 Å². The van der Waals surface area contributed by atoms with Gasteiger partial charge < -0.3 is 10.6 Å². The maximum absolute atomic E-state index is 12.0. The Kier molecular flexibility index (Phi) is 3.07. The predicted molar refractivity (Wildman–Crippen MR) is 67.3 cm³/mol. The van der Waals surface area contributed by atoms with Crippen LogP contribution < -0.4 is 10.6 Å². The van der Waals surface area contributed by atoms with Gasteiger partial charge >= 0.3 is 0 Å². The van der Waals surface area contributed by atoms with Crippen molar-refractivity contribution in [3.63, 3.8) is 0 Å². The molecule has 0 saturated heterocycles. The second kappa shape index (κ2) is 4.87. The highest BCUT2D eigenvalue weighted by Crippen LogP contribution is 2.15. The number of fused-ring (bicyclic) bond motifs is 1. The Morgan fingerprint density at radius 2 is 2.50 bits per heavy atom. The van der Waals surface area contributed by atoms with Crippen molar-refractivity contribution in [1.82, 2.24) is 25.8 Å². The monoisotopic (exact) mass is 263 g/mol. The molecular weight excluding hydrogens is 250 g/mol. The van der Waals surface area contributed by atoms with Gasteiger partial charge in [0.05, 0.1) is 17.7 Å². The Bertz CT molecular complexity index is 548. The molecule has 7 heteroatoms. The van der Waals surface area contributed by atoms with Gasteiger partial charge in [0, 0.05) is 36.1 Å². The third-order valence-corrected chi connectivity index (χ3v) is 3.57. The van der Waals surface area contributed by atoms with Crippen LogP contribution in [0.3, 0.4) is 0 Å². The zero-order valence-corrected chi connectivity index (χ0v) is 10.5. The molecule has 0 radical (unpaired) electrons. The molecular formula is C11H13N5OS. The van der Waals surface area contributed by atoms with E-state index in [1.54, 1.807) is 5.51 Å². The van der Waals surface area contributed by atoms with Crippen molar-refractivity contribution in [2.75, 3.05) is 6.54 Å². The van der Waals surface area contributed by atoms with Crippen LogP contribution in [-0.2, 0) is 19.5 Å². The number of hydrogen-bond acceptors (Lipinski definition) is 5. The van der Waals surface area contributed by atoms with E-state index < -0.39 is 0 Å². The molecule has 3 heterocycles. The number of rotatable bonds is 3. The van der Waals surface area contributed by atoms with Crippen LogP contribution in [0, 0.1) is 0 Å². The lowest BCUT2D eigenvalue weighted by atomic mass is 10.1. The maximum Gasteiger partial charge on any atom is 0.272 e. The molecule has 3 rings (SSSR count). The minimum Gasteiger partial charge on any atom is -0.345 e. The lowest BCUT2D eigenvalue weighted by Gasteiger charge is -2.12. The van der Waals surface area contributed by atoms with Gasteiger partial charge in [-0.2, -0.15) is 5.10 Å². The molecule has 6 nitrogen and oxygen atoms in total. The van der Waals surface area contributed by atoms with Crippen molar-refractivity contribution in [3.05, 3.63) is 33.5 Å². The molecule has 1 aliphatic heterocycles. The van der Waals surface area contributed by atoms with Crippen LogP contribution in [0.15, 0.2) is 10.9 Å². The molecule has 0 atom stereocenters. The molecule has 2 aromatic heterocycles. The molecule has 0 fully saturated rings. The minimum atomic E-state index is -0.149. The van der Waals surface area contributed by atoms with Crippen LogP contribution in [-0.4, -0.2) is 27.6 Å². The smallest absolute Gasteiger partial charge is 0.272 e. The molecule has 3 N–H and O–H groups in total. The number of aromatic amines is 1. The average Bonchev–Trinajstić information content (AvgIpc) is 3.05. The van der Waals surface area contributed by atoms with Gasteiger partial charge in [-0.3, -0.25) is 9.89 Å². The fraction of sp³-hybridized carbons (Fsp3) is 0.364. The average molecular weight is 263 g/mol. The lowest BCUT2D eigenvalue weighted by molar-refractivity contribution is 0.0944. The second-order valence-electron chi connectivity index (χ2n) is 4.12. The first-order valence-corrected chi connectivity index (χ1v) is 6.71. The Balaban J connectivity index is 1.70. The van der Waals surface area contributed by atoms with Gasteiger partial charge in [0.25, 0.3) is 5.91 Å². The van der Waals surface area contributed by atoms with Gasteiger partial charge in [-0.25, -0.2) is 4.98 Å². The van der Waals surface area contributed by atoms with Crippen molar-refractivity contribution in [3.8, 4) is 0 Å². The maximum atomic E-state index is 12.0. The van der Waals surface area contributed by atoms with Crippen LogP contribution in [0.2, 0.25) is 0 Å². The third kappa shape index (κ3) is 2.14. The van der Waals surface area contributed by atoms with Gasteiger partial charge in [-0.1, -0.05) is 0 Å². The van der Waals surface area contributed by atoms with Gasteiger partial charge in [0.2, 0.25) is 0 Å². The largest absolute Gasteiger partial charge is 0.345 e. The lowest BCUT2D eigenvalue weighted by Crippen LogP contribution is -2.28. The molecule has 0 bridgehead atoms. The van der Waals surface area contributed by atoms with Gasteiger partial charge in [-0.15, -0.1) is 11.3 Å². The summed E-state index contributed by atoms with van der Waals surface area (Å²) in [5, 5.41) is 15.0. The highest BCUT2D eigenvalue weighted by Gasteiger charge is 2.21. The van der Waals surface area contributed by atoms with Crippen LogP contribution in [0.4, 0.5) is 0 Å². The van der Waals surface area contributed by atoms with Crippen molar-refractivity contribution in [2.24, 2.45) is 0 Å². The van der Waals surface area contributed by atoms with E-state index in [1.807, 2.05) is 5.38 Å². The zero-order chi connectivity index (χ0) is 12.4. The SMILES string of the molecule is O=C(NCc1cscn1)c1n[nH]c2c1CNCC2. The molecule has 2 aromatic rings. The first-order chi connectivity index (χ1) is 8.84. The Labute approximate surface area is 108 Å². The number of nitrogens with one attached hydrogen (secondary N) is 3. The number of carbonyl (C=O) groups excluding carboxylic acids is 1. The fourth-order valence-electron chi connectivity index (χ4n) is 1.99. The van der Waals surface area contributed by atoms with Crippen LogP contribution in [0.25, 0.3) is 0 Å². The summed E-state index contributed by atoms with van der Waals surface area (Å²) in [6.07, 6.45) is 0.891. The standard InChI is InChI=1S/C11H13N5OS/c17-11(13-3-7-5-18-6-14-7)10-8-4-12-2-1-9(8)15-16-10/h5-6,12H,1-4H2,(H,13,17)(H,15,16). The number of nitrogens with zero attached hydrogens (tertiary/aromatic N) is 2. The summed E-state index contributed by atoms with van der Waals surface area (Å²) in [6.45, 7) is 2.07. The van der Waals surface area contributed by atoms with Gasteiger partial charge in [-0.05, 0) is 0 Å². The summed E-state index contributed by atoms with van der Waals surface area (Å²) >= 11 is 1.52. The van der Waals surface area contributed by atoms with E-state index in [0.29, 0.717) is 18.8 Å². The van der Waals surface area contributed by atoms with Crippen molar-refractivity contribution >= 4 is 17.2 Å². The fourth-order valence-corrected chi connectivity index (χ4v) is 2.55. The molecule has 0 aliphatic carbocycles. The van der Waals surface area contributed by atoms with Crippen LogP contribution >= 0.6 is 11.3 Å². The Morgan fingerprint density at radius 3 is 3.33 bits per heavy atom. The van der Waals surface area contributed by atoms with E-state index in [0.717, 1.165) is 29.9 Å².